The van der Waals surface area contributed by atoms with E-state index in [0.29, 0.717) is 0 Å². The van der Waals surface area contributed by atoms with Gasteiger partial charge in [0.15, 0.2) is 0 Å². The van der Waals surface area contributed by atoms with Gasteiger partial charge >= 0.3 is 29.6 Å². The Kier molecular flexibility index (Phi) is 9.15. The molecule has 102 valence electrons. The SMILES string of the molecule is CN(C)CCCCCc1ccc(S(=O)(=O)[O-])cc1.[Na+]. The molecule has 4 nitrogen and oxygen atoms in total. The van der Waals surface area contributed by atoms with Gasteiger partial charge in [-0.2, -0.15) is 0 Å². The van der Waals surface area contributed by atoms with Gasteiger partial charge in [-0.05, 0) is 57.6 Å². The van der Waals surface area contributed by atoms with Crippen molar-refractivity contribution in [1.82, 2.24) is 4.90 Å². The Balaban J connectivity index is 0.00000324. The molecule has 0 saturated carbocycles. The van der Waals surface area contributed by atoms with Crippen LogP contribution in [0.3, 0.4) is 0 Å². The van der Waals surface area contributed by atoms with Crippen LogP contribution in [0.2, 0.25) is 0 Å². The van der Waals surface area contributed by atoms with Crippen LogP contribution in [0.5, 0.6) is 0 Å². The molecular formula is C13H20NNaO3S. The maximum atomic E-state index is 10.7. The van der Waals surface area contributed by atoms with Gasteiger partial charge < -0.3 is 9.45 Å². The number of aryl methyl sites for hydroxylation is 1. The second-order valence-corrected chi connectivity index (χ2v) is 6.09. The quantitative estimate of drug-likeness (QED) is 0.363. The Morgan fingerprint density at radius 1 is 1.05 bits per heavy atom. The molecule has 0 aromatic heterocycles. The van der Waals surface area contributed by atoms with Gasteiger partial charge in [-0.25, -0.2) is 8.42 Å². The van der Waals surface area contributed by atoms with Crippen LogP contribution in [0.4, 0.5) is 0 Å². The van der Waals surface area contributed by atoms with Crippen LogP contribution in [0.25, 0.3) is 0 Å². The van der Waals surface area contributed by atoms with Gasteiger partial charge in [0.25, 0.3) is 0 Å². The van der Waals surface area contributed by atoms with Crippen molar-refractivity contribution in [3.05, 3.63) is 29.8 Å². The molecule has 6 heteroatoms. The van der Waals surface area contributed by atoms with E-state index in [9.17, 15) is 13.0 Å². The normalized spacial score (nSPS) is 11.4. The summed E-state index contributed by atoms with van der Waals surface area (Å²) in [4.78, 5) is 2.01. The van der Waals surface area contributed by atoms with E-state index in [1.807, 2.05) is 0 Å². The second-order valence-electron chi connectivity index (χ2n) is 4.71. The van der Waals surface area contributed by atoms with Crippen LogP contribution in [-0.4, -0.2) is 38.5 Å². The molecule has 1 aromatic carbocycles. The first-order valence-corrected chi connectivity index (χ1v) is 7.50. The maximum absolute atomic E-state index is 10.7. The summed E-state index contributed by atoms with van der Waals surface area (Å²) in [6, 6.07) is 6.21. The van der Waals surface area contributed by atoms with Crippen molar-refractivity contribution in [2.45, 2.75) is 30.6 Å². The first-order chi connectivity index (χ1) is 8.39. The van der Waals surface area contributed by atoms with E-state index in [1.54, 1.807) is 12.1 Å². The molecular weight excluding hydrogens is 273 g/mol. The van der Waals surface area contributed by atoms with E-state index in [0.717, 1.165) is 31.4 Å². The number of rotatable bonds is 7. The molecule has 1 rings (SSSR count). The summed E-state index contributed by atoms with van der Waals surface area (Å²) >= 11 is 0. The monoisotopic (exact) mass is 293 g/mol. The number of benzene rings is 1. The predicted octanol–water partition coefficient (Wildman–Crippen LogP) is -1.13. The standard InChI is InChI=1S/C13H21NO3S.Na/c1-14(2)11-5-3-4-6-12-7-9-13(10-8-12)18(15,16)17;/h7-10H,3-6,11H2,1-2H3,(H,15,16,17);/q;+1/p-1. The fourth-order valence-electron chi connectivity index (χ4n) is 1.76. The molecule has 0 amide bonds. The third-order valence-electron chi connectivity index (χ3n) is 2.78. The number of hydrogen-bond acceptors (Lipinski definition) is 4. The van der Waals surface area contributed by atoms with Crippen molar-refractivity contribution in [1.29, 1.82) is 0 Å². The molecule has 0 saturated heterocycles. The van der Waals surface area contributed by atoms with Gasteiger partial charge in [-0.15, -0.1) is 0 Å². The van der Waals surface area contributed by atoms with E-state index in [1.165, 1.54) is 18.6 Å². The molecule has 0 aliphatic carbocycles. The minimum Gasteiger partial charge on any atom is -0.744 e. The zero-order chi connectivity index (χ0) is 13.6. The van der Waals surface area contributed by atoms with E-state index >= 15 is 0 Å². The summed E-state index contributed by atoms with van der Waals surface area (Å²) in [6.07, 6.45) is 4.32. The van der Waals surface area contributed by atoms with E-state index in [4.69, 9.17) is 0 Å². The molecule has 0 heterocycles. The first-order valence-electron chi connectivity index (χ1n) is 6.09. The van der Waals surface area contributed by atoms with Crippen molar-refractivity contribution in [2.75, 3.05) is 20.6 Å². The van der Waals surface area contributed by atoms with Crippen molar-refractivity contribution >= 4 is 10.1 Å². The largest absolute Gasteiger partial charge is 1.00 e. The molecule has 0 N–H and O–H groups in total. The number of hydrogen-bond donors (Lipinski definition) is 0. The molecule has 0 aliphatic rings. The third-order valence-corrected chi connectivity index (χ3v) is 3.63. The van der Waals surface area contributed by atoms with Crippen LogP contribution in [-0.2, 0) is 16.5 Å². The Labute approximate surface area is 138 Å². The second kappa shape index (κ2) is 9.10. The topological polar surface area (TPSA) is 60.4 Å². The minimum absolute atomic E-state index is 0. The number of nitrogens with zero attached hydrogens (tertiary/aromatic N) is 1. The molecule has 0 fully saturated rings. The zero-order valence-corrected chi connectivity index (χ0v) is 14.7. The van der Waals surface area contributed by atoms with Crippen molar-refractivity contribution in [3.8, 4) is 0 Å². The van der Waals surface area contributed by atoms with Crippen LogP contribution in [0.15, 0.2) is 29.2 Å². The van der Waals surface area contributed by atoms with Gasteiger partial charge in [0.2, 0.25) is 0 Å². The number of unbranched alkanes of at least 4 members (excludes halogenated alkanes) is 2. The molecule has 1 aromatic rings. The molecule has 19 heavy (non-hydrogen) atoms. The summed E-state index contributed by atoms with van der Waals surface area (Å²) in [7, 11) is -0.198. The molecule has 0 spiro atoms. The van der Waals surface area contributed by atoms with E-state index in [-0.39, 0.29) is 34.5 Å². The zero-order valence-electron chi connectivity index (χ0n) is 11.9. The molecule has 0 atom stereocenters. The minimum atomic E-state index is -4.31. The van der Waals surface area contributed by atoms with Gasteiger partial charge in [-0.1, -0.05) is 18.6 Å². The fraction of sp³-hybridized carbons (Fsp3) is 0.538. The summed E-state index contributed by atoms with van der Waals surface area (Å²) < 4.78 is 32.2. The Morgan fingerprint density at radius 2 is 1.63 bits per heavy atom. The summed E-state index contributed by atoms with van der Waals surface area (Å²) in [6.45, 7) is 1.09. The van der Waals surface area contributed by atoms with Crippen molar-refractivity contribution in [2.24, 2.45) is 0 Å². The Morgan fingerprint density at radius 3 is 2.11 bits per heavy atom. The fourth-order valence-corrected chi connectivity index (χ4v) is 2.23. The molecule has 0 bridgehead atoms. The summed E-state index contributed by atoms with van der Waals surface area (Å²) in [5, 5.41) is 0. The van der Waals surface area contributed by atoms with Crippen LogP contribution in [0, 0.1) is 0 Å². The average Bonchev–Trinajstić information content (AvgIpc) is 2.27. The van der Waals surface area contributed by atoms with E-state index in [2.05, 4.69) is 19.0 Å². The van der Waals surface area contributed by atoms with Crippen LogP contribution >= 0.6 is 0 Å². The van der Waals surface area contributed by atoms with Gasteiger partial charge in [0, 0.05) is 0 Å². The van der Waals surface area contributed by atoms with Crippen molar-refractivity contribution < 1.29 is 42.5 Å². The van der Waals surface area contributed by atoms with Gasteiger partial charge in [-0.3, -0.25) is 0 Å². The summed E-state index contributed by atoms with van der Waals surface area (Å²) in [5.74, 6) is 0. The molecule has 0 unspecified atom stereocenters. The maximum Gasteiger partial charge on any atom is 1.00 e. The van der Waals surface area contributed by atoms with Crippen molar-refractivity contribution in [3.63, 3.8) is 0 Å². The Bertz CT molecular complexity index is 457. The Hall–Kier alpha value is 0.0900. The van der Waals surface area contributed by atoms with E-state index < -0.39 is 10.1 Å². The third kappa shape index (κ3) is 8.07. The smallest absolute Gasteiger partial charge is 0.744 e. The predicted molar refractivity (Wildman–Crippen MR) is 70.5 cm³/mol. The summed E-state index contributed by atoms with van der Waals surface area (Å²) in [5.41, 5.74) is 1.08. The van der Waals surface area contributed by atoms with Gasteiger partial charge in [0.1, 0.15) is 10.1 Å². The van der Waals surface area contributed by atoms with Crippen LogP contribution in [0.1, 0.15) is 24.8 Å². The molecule has 0 radical (unpaired) electrons. The average molecular weight is 293 g/mol. The van der Waals surface area contributed by atoms with Gasteiger partial charge in [0.05, 0.1) is 4.90 Å². The van der Waals surface area contributed by atoms with Crippen LogP contribution < -0.4 is 29.6 Å². The first kappa shape index (κ1) is 19.1. The molecule has 0 aliphatic heterocycles.